The highest BCUT2D eigenvalue weighted by Crippen LogP contribution is 2.24. The van der Waals surface area contributed by atoms with Crippen molar-refractivity contribution in [3.63, 3.8) is 0 Å². The van der Waals surface area contributed by atoms with Crippen molar-refractivity contribution < 1.29 is 9.53 Å². The van der Waals surface area contributed by atoms with Crippen LogP contribution in [0.5, 0.6) is 5.75 Å². The van der Waals surface area contributed by atoms with Gasteiger partial charge in [-0.05, 0) is 43.3 Å². The molecule has 0 bridgehead atoms. The second-order valence-electron chi connectivity index (χ2n) is 7.58. The summed E-state index contributed by atoms with van der Waals surface area (Å²) in [5.74, 6) is 0.818. The molecule has 1 atom stereocenters. The molecule has 154 valence electrons. The molecule has 1 unspecified atom stereocenters. The lowest BCUT2D eigenvalue weighted by Crippen LogP contribution is -2.48. The van der Waals surface area contributed by atoms with Crippen molar-refractivity contribution in [1.82, 2.24) is 15.1 Å². The van der Waals surface area contributed by atoms with Gasteiger partial charge in [0.15, 0.2) is 0 Å². The average molecular weight is 394 g/mol. The molecular weight excluding hydrogens is 362 g/mol. The van der Waals surface area contributed by atoms with Gasteiger partial charge in [0.25, 0.3) is 0 Å². The summed E-state index contributed by atoms with van der Waals surface area (Å²) in [4.78, 5) is 17.5. The normalized spacial score (nSPS) is 17.0. The third kappa shape index (κ3) is 5.92. The van der Waals surface area contributed by atoms with Crippen molar-refractivity contribution in [2.24, 2.45) is 0 Å². The number of piperazine rings is 1. The maximum Gasteiger partial charge on any atom is 0.247 e. The van der Waals surface area contributed by atoms with E-state index in [9.17, 15) is 4.79 Å². The summed E-state index contributed by atoms with van der Waals surface area (Å²) in [5, 5.41) is 3.14. The lowest BCUT2D eigenvalue weighted by Gasteiger charge is -2.38. The first-order valence-electron chi connectivity index (χ1n) is 10.1. The summed E-state index contributed by atoms with van der Waals surface area (Å²) in [5.41, 5.74) is 2.94. The van der Waals surface area contributed by atoms with E-state index in [0.717, 1.165) is 37.5 Å². The number of carbonyl (C=O) groups is 1. The summed E-state index contributed by atoms with van der Waals surface area (Å²) in [6, 6.07) is 18.2. The van der Waals surface area contributed by atoms with Gasteiger partial charge in [-0.15, -0.1) is 0 Å². The van der Waals surface area contributed by atoms with Gasteiger partial charge < -0.3 is 15.0 Å². The van der Waals surface area contributed by atoms with E-state index < -0.39 is 0 Å². The smallest absolute Gasteiger partial charge is 0.247 e. The molecule has 2 aromatic rings. The predicted octanol–water partition coefficient (Wildman–Crippen LogP) is 3.20. The first-order chi connectivity index (χ1) is 14.1. The zero-order valence-electron chi connectivity index (χ0n) is 17.6. The van der Waals surface area contributed by atoms with Crippen molar-refractivity contribution in [2.45, 2.75) is 13.0 Å². The Morgan fingerprint density at radius 2 is 1.72 bits per heavy atom. The predicted molar refractivity (Wildman–Crippen MR) is 118 cm³/mol. The summed E-state index contributed by atoms with van der Waals surface area (Å²) in [6.45, 7) is 6.49. The van der Waals surface area contributed by atoms with Gasteiger partial charge >= 0.3 is 0 Å². The summed E-state index contributed by atoms with van der Waals surface area (Å²) >= 11 is 0. The molecule has 1 aliphatic heterocycles. The van der Waals surface area contributed by atoms with E-state index in [1.165, 1.54) is 5.56 Å². The molecule has 0 saturated carbocycles. The zero-order chi connectivity index (χ0) is 20.6. The molecule has 1 aliphatic rings. The van der Waals surface area contributed by atoms with E-state index in [-0.39, 0.29) is 11.9 Å². The number of nitrogens with one attached hydrogen (secondary N) is 1. The molecule has 1 heterocycles. The molecule has 0 radical (unpaired) electrons. The Bertz CT molecular complexity index is 810. The Labute approximate surface area is 174 Å². The summed E-state index contributed by atoms with van der Waals surface area (Å²) in [6.07, 6.45) is 1.92. The molecule has 29 heavy (non-hydrogen) atoms. The molecule has 0 aromatic heterocycles. The van der Waals surface area contributed by atoms with Crippen LogP contribution in [0.4, 0.5) is 0 Å². The van der Waals surface area contributed by atoms with Gasteiger partial charge in [0.1, 0.15) is 5.75 Å². The Balaban J connectivity index is 1.70. The van der Waals surface area contributed by atoms with Gasteiger partial charge in [0, 0.05) is 38.3 Å². The monoisotopic (exact) mass is 393 g/mol. The molecule has 0 aliphatic carbocycles. The molecular formula is C24H31N3O2. The van der Waals surface area contributed by atoms with Crippen molar-refractivity contribution in [2.75, 3.05) is 46.9 Å². The molecule has 3 rings (SSSR count). The number of ether oxygens (including phenoxy) is 1. The van der Waals surface area contributed by atoms with Crippen LogP contribution in [0.1, 0.15) is 24.1 Å². The highest BCUT2D eigenvalue weighted by Gasteiger charge is 2.24. The molecule has 5 heteroatoms. The molecule has 1 saturated heterocycles. The molecule has 1 fully saturated rings. The maximum atomic E-state index is 12.7. The Hall–Kier alpha value is -2.63. The Morgan fingerprint density at radius 3 is 2.34 bits per heavy atom. The second kappa shape index (κ2) is 10.2. The van der Waals surface area contributed by atoms with Gasteiger partial charge in [-0.3, -0.25) is 9.69 Å². The van der Waals surface area contributed by atoms with E-state index in [1.807, 2.05) is 55.5 Å². The fourth-order valence-electron chi connectivity index (χ4n) is 3.61. The lowest BCUT2D eigenvalue weighted by molar-refractivity contribution is -0.117. The van der Waals surface area contributed by atoms with Crippen LogP contribution in [0.25, 0.3) is 6.08 Å². The number of methoxy groups -OCH3 is 1. The van der Waals surface area contributed by atoms with E-state index >= 15 is 0 Å². The summed E-state index contributed by atoms with van der Waals surface area (Å²) < 4.78 is 5.30. The van der Waals surface area contributed by atoms with Crippen LogP contribution in [-0.4, -0.2) is 62.6 Å². The minimum Gasteiger partial charge on any atom is -0.497 e. The molecule has 5 nitrogen and oxygen atoms in total. The number of hydrogen-bond acceptors (Lipinski definition) is 4. The third-order valence-corrected chi connectivity index (χ3v) is 5.48. The van der Waals surface area contributed by atoms with Crippen LogP contribution in [-0.2, 0) is 4.79 Å². The first kappa shape index (κ1) is 21.1. The molecule has 1 amide bonds. The first-order valence-corrected chi connectivity index (χ1v) is 10.1. The van der Waals surface area contributed by atoms with Crippen LogP contribution in [0.2, 0.25) is 0 Å². The van der Waals surface area contributed by atoms with Crippen LogP contribution in [0, 0.1) is 0 Å². The van der Waals surface area contributed by atoms with E-state index in [2.05, 4.69) is 34.3 Å². The van der Waals surface area contributed by atoms with E-state index in [1.54, 1.807) is 7.11 Å². The fraction of sp³-hybridized carbons (Fsp3) is 0.375. The Kier molecular flexibility index (Phi) is 7.44. The topological polar surface area (TPSA) is 44.8 Å². The van der Waals surface area contributed by atoms with E-state index in [4.69, 9.17) is 4.74 Å². The van der Waals surface area contributed by atoms with Gasteiger partial charge in [0.2, 0.25) is 5.91 Å². The van der Waals surface area contributed by atoms with Gasteiger partial charge in [0.05, 0.1) is 13.2 Å². The summed E-state index contributed by atoms with van der Waals surface area (Å²) in [7, 11) is 3.83. The molecule has 0 spiro atoms. The van der Waals surface area contributed by atoms with Crippen LogP contribution >= 0.6 is 0 Å². The number of nitrogens with zero attached hydrogens (tertiary/aromatic N) is 2. The second-order valence-corrected chi connectivity index (χ2v) is 7.58. The molecule has 2 aromatic carbocycles. The maximum absolute atomic E-state index is 12.7. The van der Waals surface area contributed by atoms with Crippen molar-refractivity contribution in [3.8, 4) is 5.75 Å². The number of rotatable bonds is 7. The zero-order valence-corrected chi connectivity index (χ0v) is 17.6. The number of hydrogen-bond donors (Lipinski definition) is 1. The largest absolute Gasteiger partial charge is 0.497 e. The number of likely N-dealkylation sites (N-methyl/N-ethyl adjacent to an activating group) is 1. The standard InChI is InChI=1S/C24H31N3O2/c1-19(17-20-7-5-4-6-8-20)24(28)25-18-23(27-15-13-26(2)14-16-27)21-9-11-22(29-3)12-10-21/h4-12,17,23H,13-16,18H2,1-3H3,(H,25,28)/b19-17+. The average Bonchev–Trinajstić information content (AvgIpc) is 2.76. The van der Waals surface area contributed by atoms with Gasteiger partial charge in [-0.1, -0.05) is 42.5 Å². The highest BCUT2D eigenvalue weighted by atomic mass is 16.5. The van der Waals surface area contributed by atoms with Gasteiger partial charge in [-0.2, -0.15) is 0 Å². The number of carbonyl (C=O) groups excluding carboxylic acids is 1. The van der Waals surface area contributed by atoms with Gasteiger partial charge in [-0.25, -0.2) is 0 Å². The minimum atomic E-state index is -0.0264. The third-order valence-electron chi connectivity index (χ3n) is 5.48. The van der Waals surface area contributed by atoms with E-state index in [0.29, 0.717) is 12.1 Å². The minimum absolute atomic E-state index is 0.0264. The SMILES string of the molecule is COc1ccc(C(CNC(=O)/C(C)=C/c2ccccc2)N2CCN(C)CC2)cc1. The van der Waals surface area contributed by atoms with Crippen LogP contribution < -0.4 is 10.1 Å². The molecule has 1 N–H and O–H groups in total. The number of benzene rings is 2. The van der Waals surface area contributed by atoms with Crippen molar-refractivity contribution in [1.29, 1.82) is 0 Å². The van der Waals surface area contributed by atoms with Crippen molar-refractivity contribution >= 4 is 12.0 Å². The van der Waals surface area contributed by atoms with Crippen LogP contribution in [0.3, 0.4) is 0 Å². The van der Waals surface area contributed by atoms with Crippen LogP contribution in [0.15, 0.2) is 60.2 Å². The Morgan fingerprint density at radius 1 is 1.07 bits per heavy atom. The number of amides is 1. The highest BCUT2D eigenvalue weighted by molar-refractivity contribution is 5.97. The van der Waals surface area contributed by atoms with Crippen molar-refractivity contribution in [3.05, 3.63) is 71.3 Å². The quantitative estimate of drug-likeness (QED) is 0.734. The fourth-order valence-corrected chi connectivity index (χ4v) is 3.61. The lowest BCUT2D eigenvalue weighted by atomic mass is 10.0.